The number of hydrogen-bond donors (Lipinski definition) is 1. The van der Waals surface area contributed by atoms with Crippen LogP contribution in [0.3, 0.4) is 0 Å². The number of nitrogens with zero attached hydrogens (tertiary/aromatic N) is 3. The van der Waals surface area contributed by atoms with Crippen LogP contribution in [-0.2, 0) is 0 Å². The molecule has 1 aliphatic carbocycles. The minimum Gasteiger partial charge on any atom is -0.355 e. The number of rotatable bonds is 7. The molecule has 0 radical (unpaired) electrons. The van der Waals surface area contributed by atoms with Gasteiger partial charge < -0.3 is 15.1 Å². The van der Waals surface area contributed by atoms with Crippen molar-refractivity contribution >= 4 is 5.96 Å². The van der Waals surface area contributed by atoms with E-state index < -0.39 is 0 Å². The summed E-state index contributed by atoms with van der Waals surface area (Å²) in [5.41, 5.74) is 0. The second-order valence-corrected chi connectivity index (χ2v) is 5.57. The molecule has 106 valence electrons. The highest BCUT2D eigenvalue weighted by Crippen LogP contribution is 2.34. The Morgan fingerprint density at radius 1 is 1.33 bits per heavy atom. The Hall–Kier alpha value is -0.770. The number of guanidine groups is 1. The average Bonchev–Trinajstić information content (AvgIpc) is 3.15. The van der Waals surface area contributed by atoms with Crippen LogP contribution in [0.4, 0.5) is 0 Å². The van der Waals surface area contributed by atoms with Gasteiger partial charge in [0.2, 0.25) is 0 Å². The van der Waals surface area contributed by atoms with Crippen molar-refractivity contribution < 1.29 is 0 Å². The van der Waals surface area contributed by atoms with E-state index in [9.17, 15) is 0 Å². The zero-order valence-electron chi connectivity index (χ0n) is 12.7. The van der Waals surface area contributed by atoms with Gasteiger partial charge in [0.05, 0.1) is 0 Å². The van der Waals surface area contributed by atoms with Crippen LogP contribution < -0.4 is 5.32 Å². The molecule has 0 heterocycles. The first kappa shape index (κ1) is 15.3. The van der Waals surface area contributed by atoms with Crippen molar-refractivity contribution in [2.75, 3.05) is 41.3 Å². The first-order valence-electron chi connectivity index (χ1n) is 7.18. The predicted octanol–water partition coefficient (Wildman–Crippen LogP) is 1.63. The molecule has 0 amide bonds. The van der Waals surface area contributed by atoms with Gasteiger partial charge in [-0.2, -0.15) is 0 Å². The summed E-state index contributed by atoms with van der Waals surface area (Å²) in [6.07, 6.45) is 5.21. The Labute approximate surface area is 112 Å². The molecule has 1 fully saturated rings. The molecule has 1 saturated carbocycles. The zero-order valence-corrected chi connectivity index (χ0v) is 12.7. The summed E-state index contributed by atoms with van der Waals surface area (Å²) in [5.74, 6) is 1.91. The van der Waals surface area contributed by atoms with Crippen LogP contribution in [-0.4, -0.2) is 63.1 Å². The van der Waals surface area contributed by atoms with Gasteiger partial charge in [-0.25, -0.2) is 0 Å². The molecule has 0 aromatic heterocycles. The van der Waals surface area contributed by atoms with Crippen molar-refractivity contribution in [1.29, 1.82) is 0 Å². The molecule has 1 unspecified atom stereocenters. The molecule has 4 nitrogen and oxygen atoms in total. The summed E-state index contributed by atoms with van der Waals surface area (Å²) in [6.45, 7) is 4.30. The van der Waals surface area contributed by atoms with Crippen LogP contribution in [0.1, 0.15) is 32.6 Å². The molecule has 0 bridgehead atoms. The Morgan fingerprint density at radius 2 is 2.00 bits per heavy atom. The lowest BCUT2D eigenvalue weighted by molar-refractivity contribution is 0.262. The normalized spacial score (nSPS) is 18.0. The number of unbranched alkanes of at least 4 members (excludes halogenated alkanes) is 1. The van der Waals surface area contributed by atoms with Crippen LogP contribution in [0.15, 0.2) is 4.99 Å². The summed E-state index contributed by atoms with van der Waals surface area (Å²) in [6, 6.07) is 0.640. The summed E-state index contributed by atoms with van der Waals surface area (Å²) in [7, 11) is 8.34. The van der Waals surface area contributed by atoms with E-state index in [1.165, 1.54) is 25.7 Å². The molecule has 1 rings (SSSR count). The maximum absolute atomic E-state index is 4.36. The minimum atomic E-state index is 0.640. The maximum Gasteiger partial charge on any atom is 0.193 e. The Bertz CT molecular complexity index is 257. The Balaban J connectivity index is 2.38. The third-order valence-corrected chi connectivity index (χ3v) is 3.72. The smallest absolute Gasteiger partial charge is 0.193 e. The molecule has 1 N–H and O–H groups in total. The number of hydrogen-bond acceptors (Lipinski definition) is 2. The quantitative estimate of drug-likeness (QED) is 0.553. The summed E-state index contributed by atoms with van der Waals surface area (Å²) >= 11 is 0. The molecule has 0 aromatic rings. The third-order valence-electron chi connectivity index (χ3n) is 3.72. The van der Waals surface area contributed by atoms with Gasteiger partial charge in [-0.1, -0.05) is 13.3 Å². The first-order chi connectivity index (χ1) is 8.60. The van der Waals surface area contributed by atoms with Gasteiger partial charge >= 0.3 is 0 Å². The lowest BCUT2D eigenvalue weighted by Crippen LogP contribution is -2.46. The van der Waals surface area contributed by atoms with Crippen LogP contribution in [0, 0.1) is 5.92 Å². The maximum atomic E-state index is 4.36. The van der Waals surface area contributed by atoms with Crippen LogP contribution >= 0.6 is 0 Å². The van der Waals surface area contributed by atoms with Gasteiger partial charge in [0.15, 0.2) is 5.96 Å². The highest BCUT2D eigenvalue weighted by molar-refractivity contribution is 5.79. The highest BCUT2D eigenvalue weighted by atomic mass is 15.3. The molecule has 0 saturated heterocycles. The van der Waals surface area contributed by atoms with Gasteiger partial charge in [-0.3, -0.25) is 4.99 Å². The summed E-state index contributed by atoms with van der Waals surface area (Å²) < 4.78 is 0. The van der Waals surface area contributed by atoms with E-state index in [1.54, 1.807) is 0 Å². The lowest BCUT2D eigenvalue weighted by atomic mass is 10.1. The molecule has 0 spiro atoms. The second kappa shape index (κ2) is 7.62. The third kappa shape index (κ3) is 4.84. The predicted molar refractivity (Wildman–Crippen MR) is 79.1 cm³/mol. The van der Waals surface area contributed by atoms with Gasteiger partial charge in [-0.15, -0.1) is 0 Å². The topological polar surface area (TPSA) is 30.9 Å². The van der Waals surface area contributed by atoms with Crippen molar-refractivity contribution in [3.8, 4) is 0 Å². The highest BCUT2D eigenvalue weighted by Gasteiger charge is 2.32. The first-order valence-corrected chi connectivity index (χ1v) is 7.18. The van der Waals surface area contributed by atoms with Gasteiger partial charge in [0.1, 0.15) is 0 Å². The van der Waals surface area contributed by atoms with Crippen LogP contribution in [0.25, 0.3) is 0 Å². The van der Waals surface area contributed by atoms with E-state index in [1.807, 2.05) is 7.05 Å². The molecule has 4 heteroatoms. The van der Waals surface area contributed by atoms with E-state index in [2.05, 4.69) is 48.2 Å². The monoisotopic (exact) mass is 254 g/mol. The molecule has 1 aliphatic rings. The molecule has 18 heavy (non-hydrogen) atoms. The van der Waals surface area contributed by atoms with Crippen molar-refractivity contribution in [2.24, 2.45) is 10.9 Å². The van der Waals surface area contributed by atoms with E-state index in [0.29, 0.717) is 6.04 Å². The lowest BCUT2D eigenvalue weighted by Gasteiger charge is -2.28. The second-order valence-electron chi connectivity index (χ2n) is 5.57. The minimum absolute atomic E-state index is 0.640. The number of likely N-dealkylation sites (N-methyl/N-ethyl adjacent to an activating group) is 1. The fraction of sp³-hybridized carbons (Fsp3) is 0.929. The van der Waals surface area contributed by atoms with Crippen molar-refractivity contribution in [2.45, 2.75) is 38.6 Å². The van der Waals surface area contributed by atoms with Crippen molar-refractivity contribution in [3.63, 3.8) is 0 Å². The van der Waals surface area contributed by atoms with Gasteiger partial charge in [-0.05, 0) is 39.3 Å². The van der Waals surface area contributed by atoms with Crippen LogP contribution in [0.5, 0.6) is 0 Å². The molecular weight excluding hydrogens is 224 g/mol. The van der Waals surface area contributed by atoms with Gasteiger partial charge in [0, 0.05) is 33.2 Å². The van der Waals surface area contributed by atoms with E-state index in [-0.39, 0.29) is 0 Å². The van der Waals surface area contributed by atoms with E-state index in [0.717, 1.165) is 25.0 Å². The summed E-state index contributed by atoms with van der Waals surface area (Å²) in [5, 5.41) is 3.52. The SMILES string of the molecule is CCCCN(C)C(=NC)NCC(C1CC1)N(C)C. The average molecular weight is 254 g/mol. The Kier molecular flexibility index (Phi) is 6.47. The standard InChI is InChI=1S/C14H30N4/c1-6-7-10-18(5)14(15-2)16-11-13(17(3)4)12-8-9-12/h12-13H,6-11H2,1-5H3,(H,15,16). The van der Waals surface area contributed by atoms with Crippen molar-refractivity contribution in [3.05, 3.63) is 0 Å². The molecule has 0 aliphatic heterocycles. The van der Waals surface area contributed by atoms with Gasteiger partial charge in [0.25, 0.3) is 0 Å². The fourth-order valence-corrected chi connectivity index (χ4v) is 2.33. The van der Waals surface area contributed by atoms with E-state index >= 15 is 0 Å². The van der Waals surface area contributed by atoms with E-state index in [4.69, 9.17) is 0 Å². The van der Waals surface area contributed by atoms with Crippen LogP contribution in [0.2, 0.25) is 0 Å². The molecule has 0 aromatic carbocycles. The largest absolute Gasteiger partial charge is 0.355 e. The van der Waals surface area contributed by atoms with Crippen molar-refractivity contribution in [1.82, 2.24) is 15.1 Å². The summed E-state index contributed by atoms with van der Waals surface area (Å²) in [4.78, 5) is 8.93. The Morgan fingerprint density at radius 3 is 2.44 bits per heavy atom. The molecular formula is C14H30N4. The number of aliphatic imine (C=N–C) groups is 1. The zero-order chi connectivity index (χ0) is 13.5. The fourth-order valence-electron chi connectivity index (χ4n) is 2.33. The molecule has 1 atom stereocenters. The number of nitrogens with one attached hydrogen (secondary N) is 1.